The molecule has 1 heterocycles. The largest absolute Gasteiger partial charge is 0.351 e. The molecule has 1 saturated carbocycles. The standard InChI is InChI=1S/C20H24N2O/c1-14-5-7-17(8-6-14)20(13-19(20,3)4)18(23)22-12-16-9-10-21-11-15(16)2/h5-11H,12-13H2,1-4H3,(H,22,23)/t20-/m1/s1. The lowest BCUT2D eigenvalue weighted by atomic mass is 9.86. The molecule has 3 nitrogen and oxygen atoms in total. The van der Waals surface area contributed by atoms with E-state index in [1.54, 1.807) is 6.20 Å². The molecule has 1 amide bonds. The Balaban J connectivity index is 1.81. The molecule has 3 heteroatoms. The Morgan fingerprint density at radius 1 is 1.17 bits per heavy atom. The van der Waals surface area contributed by atoms with Crippen LogP contribution in [0.1, 0.15) is 42.5 Å². The maximum Gasteiger partial charge on any atom is 0.231 e. The Labute approximate surface area is 138 Å². The number of nitrogens with zero attached hydrogens (tertiary/aromatic N) is 1. The van der Waals surface area contributed by atoms with Gasteiger partial charge in [0.25, 0.3) is 0 Å². The first kappa shape index (κ1) is 15.7. The SMILES string of the molecule is Cc1ccc([C@@]2(C(=O)NCc3ccncc3C)CC2(C)C)cc1. The molecular weight excluding hydrogens is 284 g/mol. The highest BCUT2D eigenvalue weighted by Gasteiger charge is 2.66. The molecule has 1 aromatic heterocycles. The number of nitrogens with one attached hydrogen (secondary N) is 1. The zero-order valence-corrected chi connectivity index (χ0v) is 14.3. The van der Waals surface area contributed by atoms with E-state index in [2.05, 4.69) is 55.3 Å². The van der Waals surface area contributed by atoms with Crippen LogP contribution >= 0.6 is 0 Å². The minimum absolute atomic E-state index is 0.000368. The van der Waals surface area contributed by atoms with Gasteiger partial charge in [-0.1, -0.05) is 43.7 Å². The van der Waals surface area contributed by atoms with Crippen LogP contribution in [0, 0.1) is 19.3 Å². The lowest BCUT2D eigenvalue weighted by Gasteiger charge is -2.21. The Morgan fingerprint density at radius 3 is 2.39 bits per heavy atom. The molecule has 3 rings (SSSR count). The fraction of sp³-hybridized carbons (Fsp3) is 0.400. The molecule has 0 saturated heterocycles. The van der Waals surface area contributed by atoms with Crippen LogP contribution in [0.4, 0.5) is 0 Å². The van der Waals surface area contributed by atoms with Crippen molar-refractivity contribution in [2.75, 3.05) is 0 Å². The van der Waals surface area contributed by atoms with Gasteiger partial charge in [0.2, 0.25) is 5.91 Å². The first-order valence-corrected chi connectivity index (χ1v) is 8.12. The number of hydrogen-bond donors (Lipinski definition) is 1. The van der Waals surface area contributed by atoms with Crippen LogP contribution in [0.25, 0.3) is 0 Å². The predicted molar refractivity (Wildman–Crippen MR) is 92.1 cm³/mol. The summed E-state index contributed by atoms with van der Waals surface area (Å²) in [6.07, 6.45) is 4.49. The van der Waals surface area contributed by atoms with Crippen LogP contribution in [0.3, 0.4) is 0 Å². The third-order valence-electron chi connectivity index (χ3n) is 5.25. The second-order valence-corrected chi connectivity index (χ2v) is 7.32. The van der Waals surface area contributed by atoms with Gasteiger partial charge < -0.3 is 5.32 Å². The summed E-state index contributed by atoms with van der Waals surface area (Å²) in [4.78, 5) is 17.1. The van der Waals surface area contributed by atoms with Gasteiger partial charge in [0.1, 0.15) is 0 Å². The molecule has 120 valence electrons. The zero-order valence-electron chi connectivity index (χ0n) is 14.3. The highest BCUT2D eigenvalue weighted by molar-refractivity contribution is 5.93. The molecule has 1 aliphatic carbocycles. The van der Waals surface area contributed by atoms with Crippen molar-refractivity contribution in [3.63, 3.8) is 0 Å². The van der Waals surface area contributed by atoms with Crippen molar-refractivity contribution in [1.82, 2.24) is 10.3 Å². The average molecular weight is 308 g/mol. The summed E-state index contributed by atoms with van der Waals surface area (Å²) in [5.41, 5.74) is 4.16. The van der Waals surface area contributed by atoms with Gasteiger partial charge in [0.15, 0.2) is 0 Å². The number of rotatable bonds is 4. The number of aryl methyl sites for hydroxylation is 2. The molecule has 1 fully saturated rings. The molecule has 1 N–H and O–H groups in total. The van der Waals surface area contributed by atoms with E-state index in [1.807, 2.05) is 19.2 Å². The van der Waals surface area contributed by atoms with Gasteiger partial charge in [-0.3, -0.25) is 9.78 Å². The number of carbonyl (C=O) groups is 1. The van der Waals surface area contributed by atoms with Crippen LogP contribution in [-0.4, -0.2) is 10.9 Å². The lowest BCUT2D eigenvalue weighted by Crippen LogP contribution is -2.37. The highest BCUT2D eigenvalue weighted by Crippen LogP contribution is 2.64. The molecule has 1 aliphatic rings. The number of pyridine rings is 1. The summed E-state index contributed by atoms with van der Waals surface area (Å²) in [7, 11) is 0. The van der Waals surface area contributed by atoms with Crippen molar-refractivity contribution in [3.05, 3.63) is 65.0 Å². The third kappa shape index (κ3) is 2.65. The maximum absolute atomic E-state index is 13.0. The molecule has 0 radical (unpaired) electrons. The van der Waals surface area contributed by atoms with Crippen molar-refractivity contribution in [3.8, 4) is 0 Å². The normalized spacial score (nSPS) is 21.7. The molecule has 1 atom stereocenters. The molecule has 23 heavy (non-hydrogen) atoms. The van der Waals surface area contributed by atoms with Gasteiger partial charge >= 0.3 is 0 Å². The first-order chi connectivity index (χ1) is 10.9. The third-order valence-corrected chi connectivity index (χ3v) is 5.25. The van der Waals surface area contributed by atoms with Crippen molar-refractivity contribution < 1.29 is 4.79 Å². The minimum atomic E-state index is -0.401. The van der Waals surface area contributed by atoms with E-state index in [9.17, 15) is 4.79 Å². The van der Waals surface area contributed by atoms with Crippen molar-refractivity contribution >= 4 is 5.91 Å². The van der Waals surface area contributed by atoms with Crippen LogP contribution in [0.2, 0.25) is 0 Å². The second kappa shape index (κ2) is 5.48. The van der Waals surface area contributed by atoms with Gasteiger partial charge in [-0.15, -0.1) is 0 Å². The first-order valence-electron chi connectivity index (χ1n) is 8.12. The van der Waals surface area contributed by atoms with Gasteiger partial charge in [-0.05, 0) is 48.4 Å². The van der Waals surface area contributed by atoms with Gasteiger partial charge in [-0.25, -0.2) is 0 Å². The van der Waals surface area contributed by atoms with E-state index in [1.165, 1.54) is 5.56 Å². The molecule has 0 spiro atoms. The zero-order chi connectivity index (χ0) is 16.7. The Morgan fingerprint density at radius 2 is 1.83 bits per heavy atom. The molecule has 0 unspecified atom stereocenters. The summed E-state index contributed by atoms with van der Waals surface area (Å²) in [5.74, 6) is 0.127. The van der Waals surface area contributed by atoms with Crippen LogP contribution in [-0.2, 0) is 16.8 Å². The quantitative estimate of drug-likeness (QED) is 0.936. The molecule has 2 aromatic rings. The van der Waals surface area contributed by atoms with E-state index in [0.29, 0.717) is 6.54 Å². The summed E-state index contributed by atoms with van der Waals surface area (Å²) in [6.45, 7) is 8.98. The Hall–Kier alpha value is -2.16. The van der Waals surface area contributed by atoms with E-state index in [4.69, 9.17) is 0 Å². The molecule has 0 aliphatic heterocycles. The molecular formula is C20H24N2O. The fourth-order valence-corrected chi connectivity index (χ4v) is 3.50. The van der Waals surface area contributed by atoms with Crippen LogP contribution in [0.5, 0.6) is 0 Å². The van der Waals surface area contributed by atoms with E-state index in [0.717, 1.165) is 23.1 Å². The predicted octanol–water partition coefficient (Wildman–Crippen LogP) is 3.68. The van der Waals surface area contributed by atoms with Crippen LogP contribution in [0.15, 0.2) is 42.7 Å². The minimum Gasteiger partial charge on any atom is -0.351 e. The van der Waals surface area contributed by atoms with Gasteiger partial charge in [0.05, 0.1) is 5.41 Å². The average Bonchev–Trinajstić information content (AvgIpc) is 3.11. The van der Waals surface area contributed by atoms with Crippen molar-refractivity contribution in [2.24, 2.45) is 5.41 Å². The summed E-state index contributed by atoms with van der Waals surface area (Å²) in [5, 5.41) is 3.14. The molecule has 1 aromatic carbocycles. The number of benzene rings is 1. The Bertz CT molecular complexity index is 734. The summed E-state index contributed by atoms with van der Waals surface area (Å²) >= 11 is 0. The second-order valence-electron chi connectivity index (χ2n) is 7.32. The smallest absolute Gasteiger partial charge is 0.231 e. The number of amides is 1. The van der Waals surface area contributed by atoms with E-state index >= 15 is 0 Å². The summed E-state index contributed by atoms with van der Waals surface area (Å²) < 4.78 is 0. The number of aromatic nitrogens is 1. The maximum atomic E-state index is 13.0. The fourth-order valence-electron chi connectivity index (χ4n) is 3.50. The van der Waals surface area contributed by atoms with E-state index in [-0.39, 0.29) is 11.3 Å². The van der Waals surface area contributed by atoms with Crippen molar-refractivity contribution in [2.45, 2.75) is 46.1 Å². The summed E-state index contributed by atoms with van der Waals surface area (Å²) in [6, 6.07) is 10.3. The van der Waals surface area contributed by atoms with Gasteiger partial charge in [0, 0.05) is 18.9 Å². The van der Waals surface area contributed by atoms with E-state index < -0.39 is 5.41 Å². The van der Waals surface area contributed by atoms with Gasteiger partial charge in [-0.2, -0.15) is 0 Å². The van der Waals surface area contributed by atoms with Crippen molar-refractivity contribution in [1.29, 1.82) is 0 Å². The number of hydrogen-bond acceptors (Lipinski definition) is 2. The highest BCUT2D eigenvalue weighted by atomic mass is 16.2. The topological polar surface area (TPSA) is 42.0 Å². The molecule has 0 bridgehead atoms. The monoisotopic (exact) mass is 308 g/mol. The number of carbonyl (C=O) groups excluding carboxylic acids is 1. The Kier molecular flexibility index (Phi) is 3.75. The van der Waals surface area contributed by atoms with Crippen LogP contribution < -0.4 is 5.32 Å². The lowest BCUT2D eigenvalue weighted by molar-refractivity contribution is -0.124.